The Labute approximate surface area is 149 Å². The predicted octanol–water partition coefficient (Wildman–Crippen LogP) is 4.16. The third-order valence-corrected chi connectivity index (χ3v) is 4.19. The molecule has 5 nitrogen and oxygen atoms in total. The van der Waals surface area contributed by atoms with Crippen LogP contribution in [-0.4, -0.2) is 26.4 Å². The van der Waals surface area contributed by atoms with Gasteiger partial charge in [0.05, 0.1) is 17.8 Å². The number of amides is 2. The van der Waals surface area contributed by atoms with Crippen molar-refractivity contribution in [3.8, 4) is 5.75 Å². The number of carbonyl (C=O) groups excluding carboxylic acids is 1. The minimum atomic E-state index is -0.447. The van der Waals surface area contributed by atoms with Crippen LogP contribution >= 0.6 is 0 Å². The van der Waals surface area contributed by atoms with Crippen LogP contribution in [-0.2, 0) is 10.3 Å². The molecule has 1 atom stereocenters. The molecular weight excluding hydrogens is 316 g/mol. The Hall–Kier alpha value is -2.53. The first-order valence-corrected chi connectivity index (χ1v) is 8.44. The number of benzene rings is 2. The Morgan fingerprint density at radius 3 is 2.40 bits per heavy atom. The van der Waals surface area contributed by atoms with Crippen molar-refractivity contribution in [3.05, 3.63) is 60.2 Å². The Bertz CT molecular complexity index is 676. The fraction of sp³-hybridized carbons (Fsp3) is 0.350. The molecule has 0 saturated heterocycles. The van der Waals surface area contributed by atoms with Crippen molar-refractivity contribution in [2.45, 2.75) is 25.8 Å². The molecule has 2 aromatic rings. The van der Waals surface area contributed by atoms with Gasteiger partial charge in [0.1, 0.15) is 12.4 Å². The number of carbonyl (C=O) groups is 1. The molecule has 0 aromatic heterocycles. The normalized spacial score (nSPS) is 12.9. The Kier molecular flexibility index (Phi) is 6.83. The molecule has 0 heterocycles. The molecule has 25 heavy (non-hydrogen) atoms. The van der Waals surface area contributed by atoms with Gasteiger partial charge in [-0.25, -0.2) is 4.79 Å². The lowest BCUT2D eigenvalue weighted by molar-refractivity contribution is 0.146. The number of rotatable bonds is 8. The average Bonchev–Trinajstić information content (AvgIpc) is 2.64. The number of hydrogen-bond donors (Lipinski definition) is 2. The van der Waals surface area contributed by atoms with Gasteiger partial charge in [-0.3, -0.25) is 0 Å². The highest BCUT2D eigenvalue weighted by molar-refractivity contribution is 5.91. The quantitative estimate of drug-likeness (QED) is 0.708. The second-order valence-electron chi connectivity index (χ2n) is 5.97. The van der Waals surface area contributed by atoms with Crippen molar-refractivity contribution >= 4 is 11.7 Å². The maximum absolute atomic E-state index is 12.5. The van der Waals surface area contributed by atoms with Crippen LogP contribution in [0.3, 0.4) is 0 Å². The molecule has 0 bridgehead atoms. The molecule has 134 valence electrons. The third kappa shape index (κ3) is 5.22. The highest BCUT2D eigenvalue weighted by atomic mass is 16.5. The Morgan fingerprint density at radius 1 is 1.04 bits per heavy atom. The van der Waals surface area contributed by atoms with Crippen molar-refractivity contribution < 1.29 is 14.3 Å². The van der Waals surface area contributed by atoms with E-state index < -0.39 is 5.54 Å². The van der Waals surface area contributed by atoms with Gasteiger partial charge in [0.25, 0.3) is 0 Å². The summed E-state index contributed by atoms with van der Waals surface area (Å²) in [5.41, 5.74) is 1.25. The van der Waals surface area contributed by atoms with Crippen molar-refractivity contribution in [1.82, 2.24) is 5.32 Å². The Morgan fingerprint density at radius 2 is 1.72 bits per heavy atom. The highest BCUT2D eigenvalue weighted by Crippen LogP contribution is 2.26. The van der Waals surface area contributed by atoms with Crippen molar-refractivity contribution in [2.75, 3.05) is 25.6 Å². The number of anilines is 1. The molecule has 5 heteroatoms. The maximum Gasteiger partial charge on any atom is 0.320 e. The summed E-state index contributed by atoms with van der Waals surface area (Å²) in [7, 11) is 1.62. The molecule has 2 rings (SSSR count). The van der Waals surface area contributed by atoms with Crippen LogP contribution in [0.4, 0.5) is 10.5 Å². The fourth-order valence-electron chi connectivity index (χ4n) is 2.51. The van der Waals surface area contributed by atoms with E-state index >= 15 is 0 Å². The number of hydrogen-bond acceptors (Lipinski definition) is 3. The molecule has 0 fully saturated rings. The zero-order valence-electron chi connectivity index (χ0n) is 15.0. The molecule has 0 radical (unpaired) electrons. The van der Waals surface area contributed by atoms with Crippen LogP contribution in [0.15, 0.2) is 54.6 Å². The zero-order valence-corrected chi connectivity index (χ0v) is 15.0. The molecule has 2 amide bonds. The smallest absolute Gasteiger partial charge is 0.320 e. The summed E-state index contributed by atoms with van der Waals surface area (Å²) in [6.07, 6.45) is 0.774. The van der Waals surface area contributed by atoms with Crippen molar-refractivity contribution in [1.29, 1.82) is 0 Å². The predicted molar refractivity (Wildman–Crippen MR) is 100 cm³/mol. The first-order valence-electron chi connectivity index (χ1n) is 8.44. The maximum atomic E-state index is 12.5. The van der Waals surface area contributed by atoms with E-state index in [9.17, 15) is 4.79 Å². The lowest BCUT2D eigenvalue weighted by Crippen LogP contribution is -2.45. The summed E-state index contributed by atoms with van der Waals surface area (Å²) in [6.45, 7) is 4.98. The third-order valence-electron chi connectivity index (χ3n) is 4.19. The van der Waals surface area contributed by atoms with Crippen LogP contribution in [0.1, 0.15) is 25.8 Å². The number of urea groups is 1. The molecule has 1 unspecified atom stereocenters. The molecular formula is C20H26N2O3. The fourth-order valence-corrected chi connectivity index (χ4v) is 2.51. The molecule has 2 N–H and O–H groups in total. The summed E-state index contributed by atoms with van der Waals surface area (Å²) in [5, 5.41) is 5.95. The summed E-state index contributed by atoms with van der Waals surface area (Å²) < 4.78 is 10.6. The summed E-state index contributed by atoms with van der Waals surface area (Å²) in [6, 6.07) is 17.0. The first-order chi connectivity index (χ1) is 12.1. The van der Waals surface area contributed by atoms with E-state index in [1.807, 2.05) is 61.5 Å². The SMILES string of the molecule is CCC(C)(NC(=O)Nc1ccccc1OCCOC)c1ccccc1. The minimum absolute atomic E-state index is 0.268. The monoisotopic (exact) mass is 342 g/mol. The van der Waals surface area contributed by atoms with Gasteiger partial charge >= 0.3 is 6.03 Å². The second kappa shape index (κ2) is 9.08. The standard InChI is InChI=1S/C20H26N2O3/c1-4-20(2,16-10-6-5-7-11-16)22-19(23)21-17-12-8-9-13-18(17)25-15-14-24-3/h5-13H,4,14-15H2,1-3H3,(H2,21,22,23). The number of nitrogens with one attached hydrogen (secondary N) is 2. The second-order valence-corrected chi connectivity index (χ2v) is 5.97. The zero-order chi connectivity index (χ0) is 18.1. The summed E-state index contributed by atoms with van der Waals surface area (Å²) in [4.78, 5) is 12.5. The lowest BCUT2D eigenvalue weighted by atomic mass is 9.89. The van der Waals surface area contributed by atoms with E-state index in [1.54, 1.807) is 7.11 Å². The van der Waals surface area contributed by atoms with Crippen LogP contribution < -0.4 is 15.4 Å². The summed E-state index contributed by atoms with van der Waals surface area (Å²) >= 11 is 0. The largest absolute Gasteiger partial charge is 0.489 e. The summed E-state index contributed by atoms with van der Waals surface area (Å²) in [5.74, 6) is 0.618. The van der Waals surface area contributed by atoms with E-state index in [2.05, 4.69) is 17.6 Å². The molecule has 0 aliphatic carbocycles. The van der Waals surface area contributed by atoms with E-state index in [0.717, 1.165) is 12.0 Å². The first kappa shape index (κ1) is 18.8. The van der Waals surface area contributed by atoms with Crippen LogP contribution in [0.5, 0.6) is 5.75 Å². The molecule has 0 aliphatic rings. The van der Waals surface area contributed by atoms with Crippen molar-refractivity contribution in [2.24, 2.45) is 0 Å². The highest BCUT2D eigenvalue weighted by Gasteiger charge is 2.26. The molecule has 2 aromatic carbocycles. The molecule has 0 aliphatic heterocycles. The van der Waals surface area contributed by atoms with Crippen LogP contribution in [0.2, 0.25) is 0 Å². The van der Waals surface area contributed by atoms with Gasteiger partial charge in [0.15, 0.2) is 0 Å². The van der Waals surface area contributed by atoms with Crippen LogP contribution in [0.25, 0.3) is 0 Å². The van der Waals surface area contributed by atoms with E-state index in [1.165, 1.54) is 0 Å². The van der Waals surface area contributed by atoms with Gasteiger partial charge in [-0.1, -0.05) is 49.4 Å². The lowest BCUT2D eigenvalue weighted by Gasteiger charge is -2.30. The van der Waals surface area contributed by atoms with Gasteiger partial charge in [-0.2, -0.15) is 0 Å². The van der Waals surface area contributed by atoms with E-state index in [0.29, 0.717) is 24.7 Å². The van der Waals surface area contributed by atoms with Gasteiger partial charge in [0.2, 0.25) is 0 Å². The molecule has 0 saturated carbocycles. The minimum Gasteiger partial charge on any atom is -0.489 e. The average molecular weight is 342 g/mol. The topological polar surface area (TPSA) is 59.6 Å². The number of ether oxygens (including phenoxy) is 2. The Balaban J connectivity index is 2.07. The van der Waals surface area contributed by atoms with E-state index in [-0.39, 0.29) is 6.03 Å². The number of methoxy groups -OCH3 is 1. The number of para-hydroxylation sites is 2. The van der Waals surface area contributed by atoms with Crippen molar-refractivity contribution in [3.63, 3.8) is 0 Å². The van der Waals surface area contributed by atoms with Gasteiger partial charge in [0, 0.05) is 7.11 Å². The van der Waals surface area contributed by atoms with Gasteiger partial charge in [-0.05, 0) is 31.0 Å². The van der Waals surface area contributed by atoms with E-state index in [4.69, 9.17) is 9.47 Å². The van der Waals surface area contributed by atoms with Gasteiger partial charge < -0.3 is 20.1 Å². The molecule has 0 spiro atoms. The van der Waals surface area contributed by atoms with Crippen LogP contribution in [0, 0.1) is 0 Å². The van der Waals surface area contributed by atoms with Gasteiger partial charge in [-0.15, -0.1) is 0 Å².